The molecule has 0 aromatic heterocycles. The molecular formula is C9H9FO3. The molecule has 0 aliphatic carbocycles. The van der Waals surface area contributed by atoms with Gasteiger partial charge in [0.1, 0.15) is 18.5 Å². The minimum absolute atomic E-state index is 0.152. The van der Waals surface area contributed by atoms with Gasteiger partial charge in [0.2, 0.25) is 0 Å². The summed E-state index contributed by atoms with van der Waals surface area (Å²) in [5, 5.41) is 17.7. The summed E-state index contributed by atoms with van der Waals surface area (Å²) in [4.78, 5) is 10.8. The van der Waals surface area contributed by atoms with Crippen molar-refractivity contribution in [3.63, 3.8) is 0 Å². The van der Waals surface area contributed by atoms with Crippen molar-refractivity contribution in [3.05, 3.63) is 35.6 Å². The molecule has 1 atom stereocenters. The van der Waals surface area contributed by atoms with Gasteiger partial charge in [-0.3, -0.25) is 4.79 Å². The van der Waals surface area contributed by atoms with E-state index in [0.29, 0.717) is 0 Å². The molecule has 0 saturated heterocycles. The molecule has 2 N–H and O–H groups in total. The SMILES string of the molecule is O=C(CO)[C@H](O)c1cccc(F)c1. The van der Waals surface area contributed by atoms with E-state index in [4.69, 9.17) is 5.11 Å². The van der Waals surface area contributed by atoms with Crippen molar-refractivity contribution < 1.29 is 19.4 Å². The van der Waals surface area contributed by atoms with Crippen LogP contribution in [0, 0.1) is 5.82 Å². The molecule has 3 nitrogen and oxygen atoms in total. The average molecular weight is 184 g/mol. The van der Waals surface area contributed by atoms with Crippen LogP contribution < -0.4 is 0 Å². The summed E-state index contributed by atoms with van der Waals surface area (Å²) in [6, 6.07) is 5.07. The van der Waals surface area contributed by atoms with E-state index in [0.717, 1.165) is 6.07 Å². The first-order valence-electron chi connectivity index (χ1n) is 3.72. The number of hydrogen-bond donors (Lipinski definition) is 2. The van der Waals surface area contributed by atoms with Crippen LogP contribution in [0.15, 0.2) is 24.3 Å². The highest BCUT2D eigenvalue weighted by atomic mass is 19.1. The lowest BCUT2D eigenvalue weighted by molar-refractivity contribution is -0.130. The van der Waals surface area contributed by atoms with E-state index >= 15 is 0 Å². The van der Waals surface area contributed by atoms with E-state index in [1.165, 1.54) is 18.2 Å². The van der Waals surface area contributed by atoms with Gasteiger partial charge in [-0.15, -0.1) is 0 Å². The Bertz CT molecular complexity index is 311. The number of aliphatic hydroxyl groups is 2. The molecule has 13 heavy (non-hydrogen) atoms. The van der Waals surface area contributed by atoms with Gasteiger partial charge < -0.3 is 10.2 Å². The van der Waals surface area contributed by atoms with Crippen LogP contribution in [0.4, 0.5) is 4.39 Å². The first-order valence-corrected chi connectivity index (χ1v) is 3.72. The highest BCUT2D eigenvalue weighted by molar-refractivity contribution is 5.84. The second kappa shape index (κ2) is 4.11. The number of ketones is 1. The largest absolute Gasteiger partial charge is 0.388 e. The van der Waals surface area contributed by atoms with Crippen LogP contribution in [0.2, 0.25) is 0 Å². The fourth-order valence-corrected chi connectivity index (χ4v) is 0.949. The summed E-state index contributed by atoms with van der Waals surface area (Å²) in [5.41, 5.74) is 0.152. The molecule has 0 saturated carbocycles. The van der Waals surface area contributed by atoms with Gasteiger partial charge in [-0.2, -0.15) is 0 Å². The highest BCUT2D eigenvalue weighted by Gasteiger charge is 2.15. The number of aliphatic hydroxyl groups excluding tert-OH is 2. The van der Waals surface area contributed by atoms with E-state index in [-0.39, 0.29) is 5.56 Å². The van der Waals surface area contributed by atoms with Crippen molar-refractivity contribution in [1.82, 2.24) is 0 Å². The molecule has 70 valence electrons. The fraction of sp³-hybridized carbons (Fsp3) is 0.222. The van der Waals surface area contributed by atoms with Crippen molar-refractivity contribution in [3.8, 4) is 0 Å². The summed E-state index contributed by atoms with van der Waals surface area (Å²) in [6.45, 7) is -0.752. The van der Waals surface area contributed by atoms with Crippen LogP contribution in [0.5, 0.6) is 0 Å². The van der Waals surface area contributed by atoms with Crippen LogP contribution in [0.3, 0.4) is 0 Å². The lowest BCUT2D eigenvalue weighted by Crippen LogP contribution is -2.15. The van der Waals surface area contributed by atoms with Gasteiger partial charge >= 0.3 is 0 Å². The Labute approximate surface area is 74.4 Å². The lowest BCUT2D eigenvalue weighted by Gasteiger charge is -2.07. The minimum atomic E-state index is -1.44. The van der Waals surface area contributed by atoms with Crippen molar-refractivity contribution in [1.29, 1.82) is 0 Å². The Morgan fingerprint density at radius 3 is 2.77 bits per heavy atom. The minimum Gasteiger partial charge on any atom is -0.388 e. The number of rotatable bonds is 3. The first kappa shape index (κ1) is 9.83. The number of carbonyl (C=O) groups excluding carboxylic acids is 1. The quantitative estimate of drug-likeness (QED) is 0.715. The maximum Gasteiger partial charge on any atom is 0.191 e. The molecule has 0 unspecified atom stereocenters. The summed E-state index contributed by atoms with van der Waals surface area (Å²) in [6.07, 6.45) is -1.44. The molecule has 0 fully saturated rings. The van der Waals surface area contributed by atoms with E-state index in [9.17, 15) is 14.3 Å². The maximum atomic E-state index is 12.6. The molecule has 0 amide bonds. The monoisotopic (exact) mass is 184 g/mol. The average Bonchev–Trinajstić information content (AvgIpc) is 2.15. The zero-order valence-electron chi connectivity index (χ0n) is 6.77. The Balaban J connectivity index is 2.88. The molecule has 0 radical (unpaired) electrons. The van der Waals surface area contributed by atoms with Gasteiger partial charge in [-0.25, -0.2) is 4.39 Å². The third-order valence-corrected chi connectivity index (χ3v) is 1.63. The van der Waals surface area contributed by atoms with Crippen LogP contribution in [0.25, 0.3) is 0 Å². The van der Waals surface area contributed by atoms with E-state index in [1.807, 2.05) is 0 Å². The van der Waals surface area contributed by atoms with E-state index in [2.05, 4.69) is 0 Å². The molecule has 0 bridgehead atoms. The van der Waals surface area contributed by atoms with Gasteiger partial charge in [0.15, 0.2) is 5.78 Å². The van der Waals surface area contributed by atoms with Gasteiger partial charge in [0, 0.05) is 0 Å². The van der Waals surface area contributed by atoms with Crippen LogP contribution in [-0.2, 0) is 4.79 Å². The predicted octanol–water partition coefficient (Wildman–Crippen LogP) is 0.420. The summed E-state index contributed by atoms with van der Waals surface area (Å²) in [5.74, 6) is -1.27. The van der Waals surface area contributed by atoms with E-state index < -0.39 is 24.3 Å². The lowest BCUT2D eigenvalue weighted by atomic mass is 10.1. The van der Waals surface area contributed by atoms with Crippen LogP contribution in [-0.4, -0.2) is 22.6 Å². The van der Waals surface area contributed by atoms with Crippen molar-refractivity contribution in [2.24, 2.45) is 0 Å². The molecule has 0 aliphatic rings. The molecule has 0 aliphatic heterocycles. The molecule has 1 aromatic rings. The molecule has 0 heterocycles. The summed E-state index contributed by atoms with van der Waals surface area (Å²) >= 11 is 0. The molecule has 1 aromatic carbocycles. The van der Waals surface area contributed by atoms with Crippen molar-refractivity contribution in [2.75, 3.05) is 6.61 Å². The highest BCUT2D eigenvalue weighted by Crippen LogP contribution is 2.14. The smallest absolute Gasteiger partial charge is 0.191 e. The second-order valence-electron chi connectivity index (χ2n) is 2.58. The van der Waals surface area contributed by atoms with Gasteiger partial charge in [-0.1, -0.05) is 12.1 Å². The summed E-state index contributed by atoms with van der Waals surface area (Å²) < 4.78 is 12.6. The second-order valence-corrected chi connectivity index (χ2v) is 2.58. The van der Waals surface area contributed by atoms with Crippen LogP contribution >= 0.6 is 0 Å². The van der Waals surface area contributed by atoms with Crippen LogP contribution in [0.1, 0.15) is 11.7 Å². The van der Waals surface area contributed by atoms with Gasteiger partial charge in [-0.05, 0) is 17.7 Å². The third-order valence-electron chi connectivity index (χ3n) is 1.63. The number of carbonyl (C=O) groups is 1. The number of hydrogen-bond acceptors (Lipinski definition) is 3. The van der Waals surface area contributed by atoms with Gasteiger partial charge in [0.05, 0.1) is 0 Å². The summed E-state index contributed by atoms with van der Waals surface area (Å²) in [7, 11) is 0. The zero-order valence-corrected chi connectivity index (χ0v) is 6.77. The Morgan fingerprint density at radius 1 is 1.54 bits per heavy atom. The fourth-order valence-electron chi connectivity index (χ4n) is 0.949. The molecule has 4 heteroatoms. The third kappa shape index (κ3) is 2.34. The van der Waals surface area contributed by atoms with Gasteiger partial charge in [0.25, 0.3) is 0 Å². The van der Waals surface area contributed by atoms with E-state index in [1.54, 1.807) is 0 Å². The molecular weight excluding hydrogens is 175 g/mol. The van der Waals surface area contributed by atoms with Crippen molar-refractivity contribution >= 4 is 5.78 Å². The Kier molecular flexibility index (Phi) is 3.11. The molecule has 0 spiro atoms. The first-order chi connectivity index (χ1) is 6.15. The number of halogens is 1. The normalized spacial score (nSPS) is 12.5. The maximum absolute atomic E-state index is 12.6. The number of Topliss-reactive ketones (excluding diaryl/α,β-unsaturated/α-hetero) is 1. The Morgan fingerprint density at radius 2 is 2.23 bits per heavy atom. The Hall–Kier alpha value is -1.26. The predicted molar refractivity (Wildman–Crippen MR) is 43.5 cm³/mol. The topological polar surface area (TPSA) is 57.5 Å². The molecule has 1 rings (SSSR count). The zero-order chi connectivity index (χ0) is 9.84. The number of benzene rings is 1. The van der Waals surface area contributed by atoms with Crippen molar-refractivity contribution in [2.45, 2.75) is 6.10 Å². The standard InChI is InChI=1S/C9H9FO3/c10-7-3-1-2-6(4-7)9(13)8(12)5-11/h1-4,9,11,13H,5H2/t9-/m1/s1.